The van der Waals surface area contributed by atoms with Gasteiger partial charge < -0.3 is 10.2 Å². The Bertz CT molecular complexity index is 303. The summed E-state index contributed by atoms with van der Waals surface area (Å²) in [5, 5.41) is 3.38. The molecule has 1 aliphatic heterocycles. The minimum absolute atomic E-state index is 1.11. The third-order valence-electron chi connectivity index (χ3n) is 2.93. The topological polar surface area (TPSA) is 15.3 Å². The monoisotopic (exact) mass is 204 g/mol. The van der Waals surface area contributed by atoms with E-state index < -0.39 is 0 Å². The molecule has 1 aliphatic rings. The van der Waals surface area contributed by atoms with E-state index in [1.165, 1.54) is 24.1 Å². The van der Waals surface area contributed by atoms with E-state index >= 15 is 0 Å². The van der Waals surface area contributed by atoms with Gasteiger partial charge in [0.1, 0.15) is 0 Å². The second-order valence-electron chi connectivity index (χ2n) is 4.16. The molecular weight excluding hydrogens is 184 g/mol. The normalized spacial score (nSPS) is 16.7. The van der Waals surface area contributed by atoms with Crippen molar-refractivity contribution in [2.24, 2.45) is 0 Å². The maximum Gasteiger partial charge on any atom is 0.0369 e. The lowest BCUT2D eigenvalue weighted by molar-refractivity contribution is 0.589. The average Bonchev–Trinajstić information content (AvgIpc) is 2.31. The molecule has 0 aromatic heterocycles. The number of hydrogen-bond acceptors (Lipinski definition) is 2. The van der Waals surface area contributed by atoms with Crippen molar-refractivity contribution in [2.75, 3.05) is 31.1 Å². The Kier molecular flexibility index (Phi) is 3.62. The third-order valence-corrected chi connectivity index (χ3v) is 2.93. The minimum Gasteiger partial charge on any atom is -0.369 e. The molecule has 1 aromatic carbocycles. The molecule has 2 heteroatoms. The fourth-order valence-electron chi connectivity index (χ4n) is 2.12. The molecule has 0 saturated carbocycles. The van der Waals surface area contributed by atoms with Crippen LogP contribution in [0.5, 0.6) is 0 Å². The number of nitrogens with zero attached hydrogens (tertiary/aromatic N) is 1. The largest absolute Gasteiger partial charge is 0.369 e. The van der Waals surface area contributed by atoms with Crippen molar-refractivity contribution in [3.05, 3.63) is 29.8 Å². The highest BCUT2D eigenvalue weighted by atomic mass is 15.2. The number of anilines is 1. The van der Waals surface area contributed by atoms with E-state index in [0.717, 1.165) is 26.2 Å². The van der Waals surface area contributed by atoms with Crippen LogP contribution in [-0.4, -0.2) is 26.2 Å². The molecule has 15 heavy (non-hydrogen) atoms. The molecule has 1 fully saturated rings. The van der Waals surface area contributed by atoms with Crippen molar-refractivity contribution in [2.45, 2.75) is 19.8 Å². The lowest BCUT2D eigenvalue weighted by atomic mass is 10.1. The minimum atomic E-state index is 1.11. The highest BCUT2D eigenvalue weighted by Gasteiger charge is 2.09. The molecule has 1 aromatic rings. The smallest absolute Gasteiger partial charge is 0.0369 e. The second kappa shape index (κ2) is 5.17. The first-order valence-electron chi connectivity index (χ1n) is 5.95. The quantitative estimate of drug-likeness (QED) is 0.810. The van der Waals surface area contributed by atoms with E-state index in [2.05, 4.69) is 41.4 Å². The maximum absolute atomic E-state index is 3.38. The third kappa shape index (κ3) is 2.72. The Balaban J connectivity index is 2.09. The molecule has 0 radical (unpaired) electrons. The standard InChI is InChI=1S/C13H20N2/c1-2-4-12-5-3-6-13(11-12)15-9-7-14-8-10-15/h3,5-6,11,14H,2,4,7-10H2,1H3. The van der Waals surface area contributed by atoms with Gasteiger partial charge >= 0.3 is 0 Å². The molecule has 0 unspecified atom stereocenters. The number of aryl methyl sites for hydroxylation is 1. The molecule has 1 heterocycles. The van der Waals surface area contributed by atoms with Gasteiger partial charge in [-0.15, -0.1) is 0 Å². The van der Waals surface area contributed by atoms with Gasteiger partial charge in [0.2, 0.25) is 0 Å². The van der Waals surface area contributed by atoms with Gasteiger partial charge in [0.15, 0.2) is 0 Å². The van der Waals surface area contributed by atoms with Crippen LogP contribution in [0.25, 0.3) is 0 Å². The zero-order valence-corrected chi connectivity index (χ0v) is 9.50. The number of hydrogen-bond donors (Lipinski definition) is 1. The number of nitrogens with one attached hydrogen (secondary N) is 1. The van der Waals surface area contributed by atoms with Crippen LogP contribution in [-0.2, 0) is 6.42 Å². The Morgan fingerprint density at radius 3 is 2.80 bits per heavy atom. The zero-order chi connectivity index (χ0) is 10.5. The Hall–Kier alpha value is -1.02. The first kappa shape index (κ1) is 10.5. The summed E-state index contributed by atoms with van der Waals surface area (Å²) < 4.78 is 0. The predicted octanol–water partition coefficient (Wildman–Crippen LogP) is 2.05. The summed E-state index contributed by atoms with van der Waals surface area (Å²) in [6.07, 6.45) is 2.42. The lowest BCUT2D eigenvalue weighted by Gasteiger charge is -2.29. The van der Waals surface area contributed by atoms with E-state index in [1.807, 2.05) is 0 Å². The van der Waals surface area contributed by atoms with Gasteiger partial charge in [0, 0.05) is 31.9 Å². The van der Waals surface area contributed by atoms with Gasteiger partial charge in [-0.3, -0.25) is 0 Å². The van der Waals surface area contributed by atoms with E-state index in [9.17, 15) is 0 Å². The summed E-state index contributed by atoms with van der Waals surface area (Å²) in [6.45, 7) is 6.72. The molecule has 2 rings (SSSR count). The van der Waals surface area contributed by atoms with Gasteiger partial charge in [-0.2, -0.15) is 0 Å². The molecule has 1 saturated heterocycles. The summed E-state index contributed by atoms with van der Waals surface area (Å²) >= 11 is 0. The summed E-state index contributed by atoms with van der Waals surface area (Å²) in [6, 6.07) is 8.98. The van der Waals surface area contributed by atoms with Crippen molar-refractivity contribution in [1.29, 1.82) is 0 Å². The van der Waals surface area contributed by atoms with Gasteiger partial charge in [-0.25, -0.2) is 0 Å². The molecule has 82 valence electrons. The maximum atomic E-state index is 3.38. The second-order valence-corrected chi connectivity index (χ2v) is 4.16. The van der Waals surface area contributed by atoms with Crippen LogP contribution >= 0.6 is 0 Å². The summed E-state index contributed by atoms with van der Waals surface area (Å²) in [4.78, 5) is 2.47. The van der Waals surface area contributed by atoms with Crippen molar-refractivity contribution in [3.8, 4) is 0 Å². The Morgan fingerprint density at radius 2 is 2.07 bits per heavy atom. The fraction of sp³-hybridized carbons (Fsp3) is 0.538. The van der Waals surface area contributed by atoms with Crippen LogP contribution in [0.3, 0.4) is 0 Å². The Morgan fingerprint density at radius 1 is 1.27 bits per heavy atom. The SMILES string of the molecule is CCCc1cccc(N2CCNCC2)c1. The van der Waals surface area contributed by atoms with Crippen LogP contribution in [0.2, 0.25) is 0 Å². The molecule has 0 aliphatic carbocycles. The number of benzene rings is 1. The zero-order valence-electron chi connectivity index (χ0n) is 9.50. The van der Waals surface area contributed by atoms with Crippen LogP contribution < -0.4 is 10.2 Å². The van der Waals surface area contributed by atoms with E-state index in [-0.39, 0.29) is 0 Å². The van der Waals surface area contributed by atoms with Gasteiger partial charge in [0.25, 0.3) is 0 Å². The predicted molar refractivity (Wildman–Crippen MR) is 65.5 cm³/mol. The van der Waals surface area contributed by atoms with E-state index in [4.69, 9.17) is 0 Å². The van der Waals surface area contributed by atoms with Crippen LogP contribution in [0.1, 0.15) is 18.9 Å². The lowest BCUT2D eigenvalue weighted by Crippen LogP contribution is -2.43. The highest BCUT2D eigenvalue weighted by Crippen LogP contribution is 2.17. The molecule has 0 amide bonds. The summed E-state index contributed by atoms with van der Waals surface area (Å²) in [5.74, 6) is 0. The number of rotatable bonds is 3. The fourth-order valence-corrected chi connectivity index (χ4v) is 2.12. The molecule has 2 nitrogen and oxygen atoms in total. The number of piperazine rings is 1. The first-order valence-corrected chi connectivity index (χ1v) is 5.95. The molecule has 1 N–H and O–H groups in total. The van der Waals surface area contributed by atoms with Crippen molar-refractivity contribution >= 4 is 5.69 Å². The highest BCUT2D eigenvalue weighted by molar-refractivity contribution is 5.49. The Labute approximate surface area is 92.3 Å². The van der Waals surface area contributed by atoms with Crippen LogP contribution in [0, 0.1) is 0 Å². The van der Waals surface area contributed by atoms with Gasteiger partial charge in [-0.05, 0) is 24.1 Å². The van der Waals surface area contributed by atoms with Gasteiger partial charge in [-0.1, -0.05) is 25.5 Å². The van der Waals surface area contributed by atoms with Crippen molar-refractivity contribution in [1.82, 2.24) is 5.32 Å². The van der Waals surface area contributed by atoms with Crippen molar-refractivity contribution < 1.29 is 0 Å². The van der Waals surface area contributed by atoms with Crippen molar-refractivity contribution in [3.63, 3.8) is 0 Å². The summed E-state index contributed by atoms with van der Waals surface area (Å²) in [7, 11) is 0. The van der Waals surface area contributed by atoms with Gasteiger partial charge in [0.05, 0.1) is 0 Å². The van der Waals surface area contributed by atoms with E-state index in [0.29, 0.717) is 0 Å². The van der Waals surface area contributed by atoms with Crippen LogP contribution in [0.4, 0.5) is 5.69 Å². The average molecular weight is 204 g/mol. The van der Waals surface area contributed by atoms with E-state index in [1.54, 1.807) is 0 Å². The molecular formula is C13H20N2. The molecule has 0 atom stereocenters. The molecule has 0 spiro atoms. The first-order chi connectivity index (χ1) is 7.40. The van der Waals surface area contributed by atoms with Crippen LogP contribution in [0.15, 0.2) is 24.3 Å². The molecule has 0 bridgehead atoms. The summed E-state index contributed by atoms with van der Waals surface area (Å²) in [5.41, 5.74) is 2.86.